The Labute approximate surface area is 167 Å². The number of rotatable bonds is 4. The Kier molecular flexibility index (Phi) is 4.68. The van der Waals surface area contributed by atoms with Crippen molar-refractivity contribution in [2.75, 3.05) is 0 Å². The molecule has 0 spiro atoms. The fourth-order valence-corrected chi connectivity index (χ4v) is 3.48. The van der Waals surface area contributed by atoms with E-state index in [1.807, 2.05) is 19.1 Å². The Morgan fingerprint density at radius 2 is 1.72 bits per heavy atom. The molecule has 6 nitrogen and oxygen atoms in total. The van der Waals surface area contributed by atoms with Crippen LogP contribution < -0.4 is 0 Å². The van der Waals surface area contributed by atoms with Gasteiger partial charge in [-0.3, -0.25) is 9.59 Å². The van der Waals surface area contributed by atoms with E-state index >= 15 is 0 Å². The smallest absolute Gasteiger partial charge is 0.296 e. The number of phenolic OH excluding ortho intramolecular Hbond substituents is 1. The van der Waals surface area contributed by atoms with Gasteiger partial charge >= 0.3 is 0 Å². The SMILES string of the molecule is Cc1ccc(/C(O)=C2/C(=O)C(=O)N(Cc3ccco3)C2c2ccc(O)cc2)cc1. The van der Waals surface area contributed by atoms with Crippen LogP contribution in [0.25, 0.3) is 5.76 Å². The summed E-state index contributed by atoms with van der Waals surface area (Å²) in [6.45, 7) is 2.00. The topological polar surface area (TPSA) is 91.0 Å². The van der Waals surface area contributed by atoms with Gasteiger partial charge in [-0.25, -0.2) is 0 Å². The number of furan rings is 1. The third-order valence-corrected chi connectivity index (χ3v) is 4.98. The predicted octanol–water partition coefficient (Wildman–Crippen LogP) is 3.92. The minimum Gasteiger partial charge on any atom is -0.508 e. The van der Waals surface area contributed by atoms with E-state index in [0.29, 0.717) is 16.9 Å². The number of nitrogens with zero attached hydrogens (tertiary/aromatic N) is 1. The van der Waals surface area contributed by atoms with Crippen molar-refractivity contribution in [2.45, 2.75) is 19.5 Å². The molecule has 29 heavy (non-hydrogen) atoms. The molecule has 0 aliphatic carbocycles. The van der Waals surface area contributed by atoms with Gasteiger partial charge in [-0.15, -0.1) is 0 Å². The van der Waals surface area contributed by atoms with Crippen molar-refractivity contribution in [3.63, 3.8) is 0 Å². The minimum atomic E-state index is -0.804. The lowest BCUT2D eigenvalue weighted by atomic mass is 9.95. The van der Waals surface area contributed by atoms with E-state index in [2.05, 4.69) is 0 Å². The van der Waals surface area contributed by atoms with E-state index in [1.54, 1.807) is 36.4 Å². The lowest BCUT2D eigenvalue weighted by Gasteiger charge is -2.24. The van der Waals surface area contributed by atoms with Gasteiger partial charge < -0.3 is 19.5 Å². The van der Waals surface area contributed by atoms with Crippen LogP contribution in [0.5, 0.6) is 5.75 Å². The van der Waals surface area contributed by atoms with Gasteiger partial charge in [0, 0.05) is 5.56 Å². The number of phenols is 1. The molecule has 2 heterocycles. The highest BCUT2D eigenvalue weighted by molar-refractivity contribution is 6.46. The molecular weight excluding hydrogens is 370 g/mol. The van der Waals surface area contributed by atoms with Crippen LogP contribution >= 0.6 is 0 Å². The van der Waals surface area contributed by atoms with Crippen molar-refractivity contribution in [3.05, 3.63) is 95.0 Å². The van der Waals surface area contributed by atoms with Crippen molar-refractivity contribution in [3.8, 4) is 5.75 Å². The number of aliphatic hydroxyl groups excluding tert-OH is 1. The van der Waals surface area contributed by atoms with Gasteiger partial charge in [-0.05, 0) is 36.8 Å². The number of carbonyl (C=O) groups excluding carboxylic acids is 2. The van der Waals surface area contributed by atoms with E-state index in [-0.39, 0.29) is 23.6 Å². The highest BCUT2D eigenvalue weighted by Gasteiger charge is 2.46. The molecule has 146 valence electrons. The molecule has 6 heteroatoms. The number of Topliss-reactive ketones (excluding diaryl/α,β-unsaturated/α-hetero) is 1. The van der Waals surface area contributed by atoms with E-state index in [9.17, 15) is 19.8 Å². The molecule has 4 rings (SSSR count). The molecule has 1 unspecified atom stereocenters. The highest BCUT2D eigenvalue weighted by atomic mass is 16.3. The third-order valence-electron chi connectivity index (χ3n) is 4.98. The summed E-state index contributed by atoms with van der Waals surface area (Å²) in [4.78, 5) is 27.1. The fraction of sp³-hybridized carbons (Fsp3) is 0.130. The first-order chi connectivity index (χ1) is 14.0. The second-order valence-corrected chi connectivity index (χ2v) is 6.96. The number of aryl methyl sites for hydroxylation is 1. The lowest BCUT2D eigenvalue weighted by molar-refractivity contribution is -0.140. The Bertz CT molecular complexity index is 1080. The van der Waals surface area contributed by atoms with Crippen LogP contribution in [-0.4, -0.2) is 26.8 Å². The van der Waals surface area contributed by atoms with E-state index < -0.39 is 17.7 Å². The van der Waals surface area contributed by atoms with Crippen LogP contribution in [0.4, 0.5) is 0 Å². The quantitative estimate of drug-likeness (QED) is 0.401. The number of amides is 1. The Morgan fingerprint density at radius 1 is 1.03 bits per heavy atom. The average molecular weight is 389 g/mol. The van der Waals surface area contributed by atoms with Gasteiger partial charge in [0.1, 0.15) is 17.3 Å². The second-order valence-electron chi connectivity index (χ2n) is 6.96. The van der Waals surface area contributed by atoms with Crippen molar-refractivity contribution >= 4 is 17.4 Å². The van der Waals surface area contributed by atoms with Crippen LogP contribution in [0, 0.1) is 6.92 Å². The number of carbonyl (C=O) groups is 2. The highest BCUT2D eigenvalue weighted by Crippen LogP contribution is 2.40. The summed E-state index contributed by atoms with van der Waals surface area (Å²) in [5.74, 6) is -1.12. The zero-order chi connectivity index (χ0) is 20.5. The lowest BCUT2D eigenvalue weighted by Crippen LogP contribution is -2.29. The second kappa shape index (κ2) is 7.31. The maximum atomic E-state index is 12.9. The molecule has 3 aromatic rings. The summed E-state index contributed by atoms with van der Waals surface area (Å²) >= 11 is 0. The van der Waals surface area contributed by atoms with E-state index in [0.717, 1.165) is 5.56 Å². The fourth-order valence-electron chi connectivity index (χ4n) is 3.48. The summed E-state index contributed by atoms with van der Waals surface area (Å²) in [5, 5.41) is 20.6. The predicted molar refractivity (Wildman–Crippen MR) is 106 cm³/mol. The first-order valence-corrected chi connectivity index (χ1v) is 9.12. The Balaban J connectivity index is 1.86. The molecule has 0 bridgehead atoms. The maximum Gasteiger partial charge on any atom is 0.296 e. The Morgan fingerprint density at radius 3 is 2.34 bits per heavy atom. The number of ketones is 1. The van der Waals surface area contributed by atoms with Crippen molar-refractivity contribution < 1.29 is 24.2 Å². The molecule has 2 aromatic carbocycles. The van der Waals surface area contributed by atoms with Gasteiger partial charge in [0.2, 0.25) is 0 Å². The van der Waals surface area contributed by atoms with Crippen LogP contribution in [-0.2, 0) is 16.1 Å². The number of hydrogen-bond acceptors (Lipinski definition) is 5. The van der Waals surface area contributed by atoms with E-state index in [4.69, 9.17) is 4.42 Å². The van der Waals surface area contributed by atoms with E-state index in [1.165, 1.54) is 23.3 Å². The van der Waals surface area contributed by atoms with Crippen LogP contribution in [0.15, 0.2) is 76.9 Å². The zero-order valence-corrected chi connectivity index (χ0v) is 15.7. The van der Waals surface area contributed by atoms with Gasteiger partial charge in [0.05, 0.1) is 24.4 Å². The van der Waals surface area contributed by atoms with Gasteiger partial charge in [-0.2, -0.15) is 0 Å². The van der Waals surface area contributed by atoms with Crippen LogP contribution in [0.1, 0.15) is 28.5 Å². The monoisotopic (exact) mass is 389 g/mol. The first-order valence-electron chi connectivity index (χ1n) is 9.12. The molecule has 0 radical (unpaired) electrons. The number of benzene rings is 2. The standard InChI is InChI=1S/C23H19NO5/c1-14-4-6-16(7-5-14)21(26)19-20(15-8-10-17(25)11-9-15)24(23(28)22(19)27)13-18-3-2-12-29-18/h2-12,20,25-26H,13H2,1H3/b21-19-. The van der Waals surface area contributed by atoms with Crippen molar-refractivity contribution in [1.29, 1.82) is 0 Å². The molecule has 0 saturated carbocycles. The van der Waals surface area contributed by atoms with Gasteiger partial charge in [0.15, 0.2) is 0 Å². The summed E-state index contributed by atoms with van der Waals surface area (Å²) in [5.41, 5.74) is 2.07. The summed E-state index contributed by atoms with van der Waals surface area (Å²) in [6.07, 6.45) is 1.49. The molecule has 1 saturated heterocycles. The van der Waals surface area contributed by atoms with Crippen molar-refractivity contribution in [1.82, 2.24) is 4.90 Å². The van der Waals surface area contributed by atoms with Crippen LogP contribution in [0.2, 0.25) is 0 Å². The maximum absolute atomic E-state index is 12.9. The van der Waals surface area contributed by atoms with Gasteiger partial charge in [0.25, 0.3) is 11.7 Å². The molecule has 1 fully saturated rings. The van der Waals surface area contributed by atoms with Crippen LogP contribution in [0.3, 0.4) is 0 Å². The Hall–Kier alpha value is -3.80. The normalized spacial score (nSPS) is 18.4. The molecule has 1 aromatic heterocycles. The minimum absolute atomic E-state index is 0.0103. The largest absolute Gasteiger partial charge is 0.508 e. The average Bonchev–Trinajstić information content (AvgIpc) is 3.31. The molecule has 1 aliphatic rings. The summed E-state index contributed by atoms with van der Waals surface area (Å²) < 4.78 is 5.35. The number of hydrogen-bond donors (Lipinski definition) is 2. The van der Waals surface area contributed by atoms with Gasteiger partial charge in [-0.1, -0.05) is 42.0 Å². The molecule has 1 amide bonds. The molecule has 1 aliphatic heterocycles. The number of likely N-dealkylation sites (tertiary alicyclic amines) is 1. The number of aliphatic hydroxyl groups is 1. The summed E-state index contributed by atoms with van der Waals surface area (Å²) in [7, 11) is 0. The first kappa shape index (κ1) is 18.6. The molecule has 2 N–H and O–H groups in total. The summed E-state index contributed by atoms with van der Waals surface area (Å²) in [6, 6.07) is 15.9. The molecule has 1 atom stereocenters. The van der Waals surface area contributed by atoms with Crippen molar-refractivity contribution in [2.24, 2.45) is 0 Å². The zero-order valence-electron chi connectivity index (χ0n) is 15.7. The third kappa shape index (κ3) is 3.40. The number of aromatic hydroxyl groups is 1. The molecular formula is C23H19NO5.